The maximum Gasteiger partial charge on any atom is 0.325 e. The highest BCUT2D eigenvalue weighted by atomic mass is 35.5. The fourth-order valence-electron chi connectivity index (χ4n) is 3.33. The Bertz CT molecular complexity index is 654. The molecule has 3 rings (SSSR count). The lowest BCUT2D eigenvalue weighted by atomic mass is 9.98. The van der Waals surface area contributed by atoms with Gasteiger partial charge in [0.25, 0.3) is 5.91 Å². The molecule has 2 fully saturated rings. The lowest BCUT2D eigenvalue weighted by molar-refractivity contribution is -0.134. The van der Waals surface area contributed by atoms with E-state index in [0.29, 0.717) is 30.8 Å². The van der Waals surface area contributed by atoms with Crippen molar-refractivity contribution in [3.05, 3.63) is 34.9 Å². The molecule has 1 aliphatic carbocycles. The topological polar surface area (TPSA) is 78.5 Å². The molecule has 4 amide bonds. The van der Waals surface area contributed by atoms with Gasteiger partial charge in [-0.2, -0.15) is 0 Å². The van der Waals surface area contributed by atoms with Crippen molar-refractivity contribution in [1.82, 2.24) is 15.5 Å². The van der Waals surface area contributed by atoms with Gasteiger partial charge in [0.15, 0.2) is 0 Å². The van der Waals surface area contributed by atoms with Crippen LogP contribution in [-0.4, -0.2) is 41.4 Å². The van der Waals surface area contributed by atoms with Gasteiger partial charge >= 0.3 is 6.03 Å². The lowest BCUT2D eigenvalue weighted by Gasteiger charge is -2.19. The number of halogens is 1. The molecule has 1 saturated carbocycles. The number of imide groups is 1. The highest BCUT2D eigenvalue weighted by Crippen LogP contribution is 2.34. The molecular formula is C17H20ClN3O3. The minimum Gasteiger partial charge on any atom is -0.354 e. The Kier molecular flexibility index (Phi) is 4.76. The first kappa shape index (κ1) is 16.8. The average Bonchev–Trinajstić information content (AvgIpc) is 3.11. The molecule has 2 N–H and O–H groups in total. The monoisotopic (exact) mass is 349 g/mol. The molecule has 6 nitrogen and oxygen atoms in total. The number of nitrogens with one attached hydrogen (secondary N) is 2. The van der Waals surface area contributed by atoms with Gasteiger partial charge in [-0.05, 0) is 37.0 Å². The second-order valence-corrected chi connectivity index (χ2v) is 6.77. The second kappa shape index (κ2) is 6.81. The van der Waals surface area contributed by atoms with Crippen LogP contribution >= 0.6 is 11.6 Å². The van der Waals surface area contributed by atoms with E-state index in [0.717, 1.165) is 23.3 Å². The van der Waals surface area contributed by atoms with E-state index in [1.165, 1.54) is 0 Å². The van der Waals surface area contributed by atoms with E-state index >= 15 is 0 Å². The van der Waals surface area contributed by atoms with Crippen LogP contribution in [0.4, 0.5) is 4.79 Å². The number of amides is 4. The zero-order valence-corrected chi connectivity index (χ0v) is 14.1. The molecule has 1 saturated heterocycles. The third-order valence-corrected chi connectivity index (χ3v) is 4.91. The Balaban J connectivity index is 1.49. The van der Waals surface area contributed by atoms with Crippen LogP contribution < -0.4 is 10.6 Å². The molecule has 24 heavy (non-hydrogen) atoms. The molecule has 0 atom stereocenters. The zero-order chi connectivity index (χ0) is 17.2. The summed E-state index contributed by atoms with van der Waals surface area (Å²) in [5.74, 6) is -0.597. The van der Waals surface area contributed by atoms with E-state index < -0.39 is 11.6 Å². The number of hydrogen-bond acceptors (Lipinski definition) is 3. The summed E-state index contributed by atoms with van der Waals surface area (Å²) in [6, 6.07) is 6.93. The van der Waals surface area contributed by atoms with Crippen LogP contribution in [0.25, 0.3) is 0 Å². The molecule has 1 aromatic rings. The minimum atomic E-state index is -0.763. The molecule has 0 radical (unpaired) electrons. The molecule has 0 aromatic heterocycles. The van der Waals surface area contributed by atoms with E-state index in [2.05, 4.69) is 10.6 Å². The first-order valence-corrected chi connectivity index (χ1v) is 8.53. The Labute approximate surface area is 145 Å². The summed E-state index contributed by atoms with van der Waals surface area (Å²) in [6.07, 6.45) is 3.83. The van der Waals surface area contributed by atoms with Gasteiger partial charge in [0.2, 0.25) is 5.91 Å². The molecule has 1 heterocycles. The van der Waals surface area contributed by atoms with Crippen molar-refractivity contribution in [2.75, 3.05) is 13.1 Å². The fraction of sp³-hybridized carbons (Fsp3) is 0.471. The van der Waals surface area contributed by atoms with Crippen molar-refractivity contribution in [2.24, 2.45) is 0 Å². The fourth-order valence-corrected chi connectivity index (χ4v) is 3.46. The first-order valence-electron chi connectivity index (χ1n) is 8.15. The normalized spacial score (nSPS) is 19.0. The summed E-state index contributed by atoms with van der Waals surface area (Å²) in [6.45, 7) is 0.211. The quantitative estimate of drug-likeness (QED) is 0.796. The van der Waals surface area contributed by atoms with Crippen LogP contribution in [0.5, 0.6) is 0 Å². The highest BCUT2D eigenvalue weighted by Gasteiger charge is 2.52. The summed E-state index contributed by atoms with van der Waals surface area (Å²) in [7, 11) is 0. The number of benzene rings is 1. The van der Waals surface area contributed by atoms with Gasteiger partial charge in [0, 0.05) is 11.6 Å². The number of hydrogen-bond donors (Lipinski definition) is 2. The molecule has 7 heteroatoms. The van der Waals surface area contributed by atoms with Crippen LogP contribution in [0.1, 0.15) is 31.2 Å². The molecule has 1 spiro atoms. The van der Waals surface area contributed by atoms with Crippen molar-refractivity contribution in [1.29, 1.82) is 0 Å². The van der Waals surface area contributed by atoms with E-state index in [4.69, 9.17) is 11.6 Å². The number of nitrogens with zero attached hydrogens (tertiary/aromatic N) is 1. The highest BCUT2D eigenvalue weighted by molar-refractivity contribution is 6.30. The van der Waals surface area contributed by atoms with E-state index in [9.17, 15) is 14.4 Å². The summed E-state index contributed by atoms with van der Waals surface area (Å²) in [5, 5.41) is 6.18. The molecular weight excluding hydrogens is 330 g/mol. The minimum absolute atomic E-state index is 0.229. The van der Waals surface area contributed by atoms with Crippen molar-refractivity contribution in [3.8, 4) is 0 Å². The van der Waals surface area contributed by atoms with Gasteiger partial charge in [-0.3, -0.25) is 14.5 Å². The first-order chi connectivity index (χ1) is 11.5. The molecule has 128 valence electrons. The molecule has 1 aliphatic heterocycles. The van der Waals surface area contributed by atoms with Gasteiger partial charge in [0.05, 0.1) is 0 Å². The maximum absolute atomic E-state index is 12.5. The summed E-state index contributed by atoms with van der Waals surface area (Å²) >= 11 is 5.82. The largest absolute Gasteiger partial charge is 0.354 e. The predicted molar refractivity (Wildman–Crippen MR) is 89.6 cm³/mol. The number of rotatable bonds is 5. The summed E-state index contributed by atoms with van der Waals surface area (Å²) < 4.78 is 0. The Morgan fingerprint density at radius 1 is 1.21 bits per heavy atom. The third kappa shape index (κ3) is 3.38. The average molecular weight is 350 g/mol. The number of carbonyl (C=O) groups is 3. The maximum atomic E-state index is 12.5. The number of urea groups is 1. The Morgan fingerprint density at radius 2 is 1.88 bits per heavy atom. The van der Waals surface area contributed by atoms with Crippen molar-refractivity contribution < 1.29 is 14.4 Å². The van der Waals surface area contributed by atoms with Crippen molar-refractivity contribution >= 4 is 29.4 Å². The second-order valence-electron chi connectivity index (χ2n) is 6.34. The van der Waals surface area contributed by atoms with Crippen LogP contribution in [0.3, 0.4) is 0 Å². The Morgan fingerprint density at radius 3 is 2.54 bits per heavy atom. The SMILES string of the molecule is O=C(CN1C(=O)NC2(CCCC2)C1=O)NCCc1ccc(Cl)cc1. The van der Waals surface area contributed by atoms with Gasteiger partial charge in [-0.25, -0.2) is 4.79 Å². The van der Waals surface area contributed by atoms with Gasteiger partial charge in [-0.15, -0.1) is 0 Å². The smallest absolute Gasteiger partial charge is 0.325 e. The van der Waals surface area contributed by atoms with E-state index in [-0.39, 0.29) is 18.4 Å². The summed E-state index contributed by atoms with van der Waals surface area (Å²) in [4.78, 5) is 37.5. The van der Waals surface area contributed by atoms with Crippen LogP contribution in [0.2, 0.25) is 5.02 Å². The van der Waals surface area contributed by atoms with Crippen molar-refractivity contribution in [2.45, 2.75) is 37.6 Å². The van der Waals surface area contributed by atoms with Crippen LogP contribution in [0.15, 0.2) is 24.3 Å². The Hall–Kier alpha value is -2.08. The number of carbonyl (C=O) groups excluding carboxylic acids is 3. The van der Waals surface area contributed by atoms with Gasteiger partial charge in [-0.1, -0.05) is 36.6 Å². The molecule has 2 aliphatic rings. The zero-order valence-electron chi connectivity index (χ0n) is 13.3. The molecule has 0 unspecified atom stereocenters. The van der Waals surface area contributed by atoms with E-state index in [1.807, 2.05) is 12.1 Å². The van der Waals surface area contributed by atoms with Crippen LogP contribution in [-0.2, 0) is 16.0 Å². The molecule has 1 aromatic carbocycles. The van der Waals surface area contributed by atoms with Crippen molar-refractivity contribution in [3.63, 3.8) is 0 Å². The van der Waals surface area contributed by atoms with Gasteiger partial charge in [0.1, 0.15) is 12.1 Å². The van der Waals surface area contributed by atoms with Crippen LogP contribution in [0, 0.1) is 0 Å². The van der Waals surface area contributed by atoms with E-state index in [1.54, 1.807) is 12.1 Å². The standard InChI is InChI=1S/C17H20ClN3O3/c18-13-5-3-12(4-6-13)7-10-19-14(22)11-21-15(23)17(20-16(21)24)8-1-2-9-17/h3-6H,1-2,7-11H2,(H,19,22)(H,20,24). The predicted octanol–water partition coefficient (Wildman–Crippen LogP) is 1.86. The third-order valence-electron chi connectivity index (χ3n) is 4.65. The molecule has 0 bridgehead atoms. The lowest BCUT2D eigenvalue weighted by Crippen LogP contribution is -2.45. The van der Waals surface area contributed by atoms with Gasteiger partial charge < -0.3 is 10.6 Å². The summed E-state index contributed by atoms with van der Waals surface area (Å²) in [5.41, 5.74) is 0.292.